The molecule has 0 unspecified atom stereocenters. The first-order valence-corrected chi connectivity index (χ1v) is 10.4. The van der Waals surface area contributed by atoms with Gasteiger partial charge in [-0.1, -0.05) is 73.9 Å². The number of fused-ring (bicyclic) bond motifs is 3. The third-order valence-electron chi connectivity index (χ3n) is 5.10. The maximum atomic E-state index is 10.4. The number of unbranched alkanes of at least 4 members (excludes halogenated alkanes) is 6. The van der Waals surface area contributed by atoms with Gasteiger partial charge in [0.25, 0.3) is 0 Å². The lowest BCUT2D eigenvalue weighted by molar-refractivity contribution is -0.137. The quantitative estimate of drug-likeness (QED) is 0.362. The van der Waals surface area contributed by atoms with Crippen molar-refractivity contribution < 1.29 is 9.90 Å². The summed E-state index contributed by atoms with van der Waals surface area (Å²) in [6.45, 7) is 0.638. The van der Waals surface area contributed by atoms with Crippen molar-refractivity contribution >= 4 is 27.8 Å². The fraction of sp³-hybridized carbons (Fsp3) is 0.346. The van der Waals surface area contributed by atoms with Crippen molar-refractivity contribution in [3.05, 3.63) is 48.5 Å². The Balaban J connectivity index is 1.44. The minimum absolute atomic E-state index is 0.290. The van der Waals surface area contributed by atoms with Gasteiger partial charge in [-0.3, -0.25) is 4.79 Å². The second-order valence-corrected chi connectivity index (χ2v) is 7.24. The van der Waals surface area contributed by atoms with Crippen LogP contribution < -0.4 is 0 Å². The zero-order chi connectivity index (χ0) is 20.3. The number of carboxylic acid groups (broad SMARTS) is 1. The summed E-state index contributed by atoms with van der Waals surface area (Å²) in [6.07, 6.45) is 7.46. The lowest BCUT2D eigenvalue weighted by Crippen LogP contribution is -1.94. The minimum Gasteiger partial charge on any atom is -0.481 e. The van der Waals surface area contributed by atoms with E-state index in [2.05, 4.69) is 76.8 Å². The number of hydrogen-bond donors (Lipinski definition) is 1. The molecule has 0 saturated heterocycles. The molecule has 0 aliphatic carbocycles. The molecule has 2 aromatic carbocycles. The molecule has 0 radical (unpaired) electrons. The number of para-hydroxylation sites is 2. The third kappa shape index (κ3) is 5.90. The van der Waals surface area contributed by atoms with Crippen LogP contribution in [0.25, 0.3) is 21.8 Å². The number of benzene rings is 2. The van der Waals surface area contributed by atoms with Crippen LogP contribution in [0.1, 0.15) is 51.4 Å². The Hall–Kier alpha value is -3.17. The van der Waals surface area contributed by atoms with E-state index in [0.29, 0.717) is 13.0 Å². The Labute approximate surface area is 172 Å². The van der Waals surface area contributed by atoms with E-state index in [0.717, 1.165) is 44.9 Å². The summed E-state index contributed by atoms with van der Waals surface area (Å²) in [5.74, 6) is 11.6. The molecule has 1 heterocycles. The Kier molecular flexibility index (Phi) is 7.79. The predicted octanol–water partition coefficient (Wildman–Crippen LogP) is 6.01. The van der Waals surface area contributed by atoms with Crippen LogP contribution >= 0.6 is 0 Å². The second kappa shape index (κ2) is 11.0. The van der Waals surface area contributed by atoms with Crippen LogP contribution in [0.3, 0.4) is 0 Å². The molecule has 0 aliphatic heterocycles. The Bertz CT molecular complexity index is 1030. The highest BCUT2D eigenvalue weighted by atomic mass is 16.4. The number of carboxylic acids is 1. The van der Waals surface area contributed by atoms with E-state index >= 15 is 0 Å². The summed E-state index contributed by atoms with van der Waals surface area (Å²) < 4.78 is 2.25. The summed E-state index contributed by atoms with van der Waals surface area (Å²) in [7, 11) is 0. The van der Waals surface area contributed by atoms with Crippen molar-refractivity contribution in [1.82, 2.24) is 4.57 Å². The van der Waals surface area contributed by atoms with Gasteiger partial charge in [0.15, 0.2) is 0 Å². The first-order chi connectivity index (χ1) is 14.3. The molecule has 0 atom stereocenters. The monoisotopic (exact) mass is 385 g/mol. The Morgan fingerprint density at radius 1 is 0.759 bits per heavy atom. The number of hydrogen-bond acceptors (Lipinski definition) is 1. The summed E-state index contributed by atoms with van der Waals surface area (Å²) in [4.78, 5) is 10.4. The second-order valence-electron chi connectivity index (χ2n) is 7.24. The predicted molar refractivity (Wildman–Crippen MR) is 120 cm³/mol. The standard InChI is InChI=1S/C26H27NO2/c28-26(29)20-10-8-6-4-2-1-3-5-7-9-15-21-27-24-18-13-11-16-22(24)23-17-12-14-19-25(23)27/h11-14,16-19H,1-4,6,8,10,20-21H2,(H,28,29). The minimum atomic E-state index is -0.695. The highest BCUT2D eigenvalue weighted by Crippen LogP contribution is 2.28. The van der Waals surface area contributed by atoms with E-state index in [4.69, 9.17) is 5.11 Å². The molecule has 1 N–H and O–H groups in total. The van der Waals surface area contributed by atoms with E-state index < -0.39 is 5.97 Å². The van der Waals surface area contributed by atoms with Gasteiger partial charge in [0.05, 0.1) is 6.54 Å². The largest absolute Gasteiger partial charge is 0.481 e. The number of rotatable bonds is 9. The summed E-state index contributed by atoms with van der Waals surface area (Å²) in [5.41, 5.74) is 2.42. The average molecular weight is 386 g/mol. The van der Waals surface area contributed by atoms with Crippen molar-refractivity contribution in [3.8, 4) is 23.7 Å². The number of aromatic nitrogens is 1. The summed E-state index contributed by atoms with van der Waals surface area (Å²) >= 11 is 0. The lowest BCUT2D eigenvalue weighted by Gasteiger charge is -2.01. The van der Waals surface area contributed by atoms with Gasteiger partial charge in [-0.05, 0) is 36.8 Å². The molecule has 3 rings (SSSR count). The molecule has 3 nitrogen and oxygen atoms in total. The molecule has 1 aromatic heterocycles. The molecule has 3 heteroatoms. The smallest absolute Gasteiger partial charge is 0.303 e. The van der Waals surface area contributed by atoms with E-state index in [-0.39, 0.29) is 0 Å². The fourth-order valence-electron chi connectivity index (χ4n) is 3.64. The van der Waals surface area contributed by atoms with Crippen LogP contribution in [0, 0.1) is 23.7 Å². The van der Waals surface area contributed by atoms with Gasteiger partial charge in [0.2, 0.25) is 0 Å². The molecule has 3 aromatic rings. The topological polar surface area (TPSA) is 42.2 Å². The molecule has 0 bridgehead atoms. The molecule has 148 valence electrons. The van der Waals surface area contributed by atoms with Crippen molar-refractivity contribution in [1.29, 1.82) is 0 Å². The van der Waals surface area contributed by atoms with E-state index in [1.807, 2.05) is 0 Å². The third-order valence-corrected chi connectivity index (χ3v) is 5.10. The normalized spacial score (nSPS) is 10.3. The first kappa shape index (κ1) is 20.6. The van der Waals surface area contributed by atoms with E-state index in [1.54, 1.807) is 0 Å². The Morgan fingerprint density at radius 2 is 1.31 bits per heavy atom. The van der Waals surface area contributed by atoms with Gasteiger partial charge in [0, 0.05) is 34.6 Å². The van der Waals surface area contributed by atoms with Crippen molar-refractivity contribution in [2.75, 3.05) is 0 Å². The number of nitrogens with zero attached hydrogens (tertiary/aromatic N) is 1. The number of aliphatic carboxylic acids is 1. The van der Waals surface area contributed by atoms with Gasteiger partial charge in [-0.15, -0.1) is 0 Å². The van der Waals surface area contributed by atoms with Gasteiger partial charge >= 0.3 is 5.97 Å². The van der Waals surface area contributed by atoms with Crippen molar-refractivity contribution in [2.45, 2.75) is 57.9 Å². The molecule has 0 amide bonds. The zero-order valence-corrected chi connectivity index (χ0v) is 16.8. The maximum absolute atomic E-state index is 10.4. The lowest BCUT2D eigenvalue weighted by atomic mass is 10.1. The zero-order valence-electron chi connectivity index (χ0n) is 16.8. The van der Waals surface area contributed by atoms with E-state index in [1.165, 1.54) is 21.8 Å². The van der Waals surface area contributed by atoms with Crippen molar-refractivity contribution in [2.24, 2.45) is 0 Å². The summed E-state index contributed by atoms with van der Waals surface area (Å²) in [6, 6.07) is 16.9. The molecular formula is C26H27NO2. The molecule has 29 heavy (non-hydrogen) atoms. The molecule has 0 aliphatic rings. The van der Waals surface area contributed by atoms with Gasteiger partial charge in [0.1, 0.15) is 0 Å². The van der Waals surface area contributed by atoms with Crippen LogP contribution in [0.5, 0.6) is 0 Å². The van der Waals surface area contributed by atoms with Crippen LogP contribution in [0.15, 0.2) is 48.5 Å². The maximum Gasteiger partial charge on any atom is 0.303 e. The Morgan fingerprint density at radius 3 is 1.97 bits per heavy atom. The van der Waals surface area contributed by atoms with Crippen LogP contribution in [0.2, 0.25) is 0 Å². The number of carbonyl (C=O) groups is 1. The highest BCUT2D eigenvalue weighted by Gasteiger charge is 2.07. The van der Waals surface area contributed by atoms with Gasteiger partial charge < -0.3 is 9.67 Å². The fourth-order valence-corrected chi connectivity index (χ4v) is 3.64. The van der Waals surface area contributed by atoms with Gasteiger partial charge in [-0.25, -0.2) is 0 Å². The van der Waals surface area contributed by atoms with Crippen LogP contribution in [-0.4, -0.2) is 15.6 Å². The molecular weight excluding hydrogens is 358 g/mol. The van der Waals surface area contributed by atoms with Crippen LogP contribution in [0.4, 0.5) is 0 Å². The SMILES string of the molecule is O=C(O)CCCCCCCCC#CC#CCn1c2ccccc2c2ccccc21. The molecule has 0 fully saturated rings. The molecule has 0 saturated carbocycles. The van der Waals surface area contributed by atoms with Gasteiger partial charge in [-0.2, -0.15) is 0 Å². The average Bonchev–Trinajstić information content (AvgIpc) is 3.05. The molecule has 0 spiro atoms. The summed E-state index contributed by atoms with van der Waals surface area (Å²) in [5, 5.41) is 11.1. The first-order valence-electron chi connectivity index (χ1n) is 10.4. The van der Waals surface area contributed by atoms with Crippen molar-refractivity contribution in [3.63, 3.8) is 0 Å². The van der Waals surface area contributed by atoms with Crippen LogP contribution in [-0.2, 0) is 11.3 Å². The highest BCUT2D eigenvalue weighted by molar-refractivity contribution is 6.08. The van der Waals surface area contributed by atoms with E-state index in [9.17, 15) is 4.79 Å².